The molecule has 0 spiro atoms. The van der Waals surface area contributed by atoms with Crippen LogP contribution < -0.4 is 15.1 Å². The number of ether oxygens (including phenoxy) is 1. The van der Waals surface area contributed by atoms with Gasteiger partial charge in [-0.2, -0.15) is 5.10 Å². The van der Waals surface area contributed by atoms with Crippen LogP contribution in [-0.2, 0) is 9.59 Å². The first-order chi connectivity index (χ1) is 11.6. The van der Waals surface area contributed by atoms with Crippen molar-refractivity contribution in [3.05, 3.63) is 59.1 Å². The van der Waals surface area contributed by atoms with Crippen molar-refractivity contribution in [3.8, 4) is 5.75 Å². The Labute approximate surface area is 143 Å². The fourth-order valence-electron chi connectivity index (χ4n) is 2.27. The molecule has 0 unspecified atom stereocenters. The first-order valence-corrected chi connectivity index (χ1v) is 7.61. The van der Waals surface area contributed by atoms with Gasteiger partial charge < -0.3 is 4.74 Å². The highest BCUT2D eigenvalue weighted by atomic mass is 35.5. The molecular weight excluding hydrogens is 330 g/mol. The zero-order chi connectivity index (χ0) is 16.9. The standard InChI is InChI=1S/C17H14ClN3O3/c18-13-5-3-4-12(8-13)9-19-20-16(22)10-21-14-6-1-2-7-15(14)24-11-17(21)23/h1-9H,10-11H2,(H,20,22)/b19-9+. The summed E-state index contributed by atoms with van der Waals surface area (Å²) in [6.07, 6.45) is 1.48. The Hall–Kier alpha value is -2.86. The van der Waals surface area contributed by atoms with Crippen molar-refractivity contribution < 1.29 is 14.3 Å². The molecule has 1 aliphatic heterocycles. The minimum Gasteiger partial charge on any atom is -0.482 e. The summed E-state index contributed by atoms with van der Waals surface area (Å²) < 4.78 is 5.33. The predicted octanol–water partition coefficient (Wildman–Crippen LogP) is 2.22. The Balaban J connectivity index is 1.64. The lowest BCUT2D eigenvalue weighted by atomic mass is 10.2. The van der Waals surface area contributed by atoms with E-state index in [1.807, 2.05) is 12.1 Å². The van der Waals surface area contributed by atoms with E-state index in [0.29, 0.717) is 16.5 Å². The third-order valence-corrected chi connectivity index (χ3v) is 3.60. The van der Waals surface area contributed by atoms with Gasteiger partial charge in [-0.1, -0.05) is 35.9 Å². The lowest BCUT2D eigenvalue weighted by Gasteiger charge is -2.28. The number of anilines is 1. The Kier molecular flexibility index (Phi) is 4.77. The molecule has 7 heteroatoms. The zero-order valence-electron chi connectivity index (χ0n) is 12.6. The molecular formula is C17H14ClN3O3. The fraction of sp³-hybridized carbons (Fsp3) is 0.118. The Morgan fingerprint density at radius 2 is 2.12 bits per heavy atom. The molecule has 0 aliphatic carbocycles. The van der Waals surface area contributed by atoms with Gasteiger partial charge in [-0.15, -0.1) is 0 Å². The second-order valence-corrected chi connectivity index (χ2v) is 5.52. The van der Waals surface area contributed by atoms with Crippen LogP contribution in [0.15, 0.2) is 53.6 Å². The quantitative estimate of drug-likeness (QED) is 0.683. The minimum absolute atomic E-state index is 0.0872. The first-order valence-electron chi connectivity index (χ1n) is 7.23. The number of fused-ring (bicyclic) bond motifs is 1. The summed E-state index contributed by atoms with van der Waals surface area (Å²) in [7, 11) is 0. The van der Waals surface area contributed by atoms with Crippen LogP contribution in [0, 0.1) is 0 Å². The van der Waals surface area contributed by atoms with Gasteiger partial charge in [0, 0.05) is 5.02 Å². The molecule has 2 amide bonds. The summed E-state index contributed by atoms with van der Waals surface area (Å²) in [5.41, 5.74) is 3.73. The lowest BCUT2D eigenvalue weighted by molar-refractivity contribution is -0.125. The number of para-hydroxylation sites is 2. The van der Waals surface area contributed by atoms with E-state index in [9.17, 15) is 9.59 Å². The first kappa shape index (κ1) is 16.0. The van der Waals surface area contributed by atoms with Crippen LogP contribution in [0.1, 0.15) is 5.56 Å². The number of hydrazone groups is 1. The number of carbonyl (C=O) groups excluding carboxylic acids is 2. The van der Waals surface area contributed by atoms with Gasteiger partial charge in [-0.3, -0.25) is 14.5 Å². The van der Waals surface area contributed by atoms with Crippen LogP contribution in [0.4, 0.5) is 5.69 Å². The number of halogens is 1. The number of carbonyl (C=O) groups is 2. The number of rotatable bonds is 4. The smallest absolute Gasteiger partial charge is 0.265 e. The van der Waals surface area contributed by atoms with Crippen molar-refractivity contribution in [2.45, 2.75) is 0 Å². The van der Waals surface area contributed by atoms with Gasteiger partial charge in [-0.05, 0) is 29.8 Å². The average molecular weight is 344 g/mol. The zero-order valence-corrected chi connectivity index (χ0v) is 13.4. The maximum atomic E-state index is 12.0. The molecule has 0 bridgehead atoms. The summed E-state index contributed by atoms with van der Waals surface area (Å²) in [4.78, 5) is 25.4. The molecule has 2 aromatic carbocycles. The minimum atomic E-state index is -0.404. The van der Waals surface area contributed by atoms with E-state index in [4.69, 9.17) is 16.3 Å². The highest BCUT2D eigenvalue weighted by molar-refractivity contribution is 6.30. The van der Waals surface area contributed by atoms with E-state index in [2.05, 4.69) is 10.5 Å². The molecule has 0 saturated heterocycles. The van der Waals surface area contributed by atoms with E-state index in [-0.39, 0.29) is 19.1 Å². The topological polar surface area (TPSA) is 71.0 Å². The molecule has 24 heavy (non-hydrogen) atoms. The van der Waals surface area contributed by atoms with Gasteiger partial charge in [-0.25, -0.2) is 5.43 Å². The SMILES string of the molecule is O=C(CN1C(=O)COc2ccccc21)N/N=C/c1cccc(Cl)c1. The number of benzene rings is 2. The molecule has 1 N–H and O–H groups in total. The van der Waals surface area contributed by atoms with E-state index in [0.717, 1.165) is 5.56 Å². The number of hydrogen-bond acceptors (Lipinski definition) is 4. The second-order valence-electron chi connectivity index (χ2n) is 5.08. The molecule has 2 aromatic rings. The normalized spacial score (nSPS) is 13.5. The molecule has 1 heterocycles. The average Bonchev–Trinajstić information content (AvgIpc) is 2.58. The van der Waals surface area contributed by atoms with Crippen molar-refractivity contribution in [2.24, 2.45) is 5.10 Å². The summed E-state index contributed by atoms with van der Waals surface area (Å²) >= 11 is 5.87. The molecule has 6 nitrogen and oxygen atoms in total. The highest BCUT2D eigenvalue weighted by Crippen LogP contribution is 2.31. The number of hydrogen-bond donors (Lipinski definition) is 1. The number of nitrogens with one attached hydrogen (secondary N) is 1. The van der Waals surface area contributed by atoms with Crippen LogP contribution in [0.2, 0.25) is 5.02 Å². The van der Waals surface area contributed by atoms with Gasteiger partial charge in [0.25, 0.3) is 11.8 Å². The van der Waals surface area contributed by atoms with Crippen LogP contribution >= 0.6 is 11.6 Å². The highest BCUT2D eigenvalue weighted by Gasteiger charge is 2.26. The van der Waals surface area contributed by atoms with Crippen LogP contribution in [0.3, 0.4) is 0 Å². The van der Waals surface area contributed by atoms with E-state index < -0.39 is 5.91 Å². The summed E-state index contributed by atoms with van der Waals surface area (Å²) in [5.74, 6) is -0.103. The molecule has 0 atom stereocenters. The van der Waals surface area contributed by atoms with Crippen molar-refractivity contribution in [2.75, 3.05) is 18.1 Å². The molecule has 122 valence electrons. The number of nitrogens with zero attached hydrogens (tertiary/aromatic N) is 2. The molecule has 1 aliphatic rings. The molecule has 0 saturated carbocycles. The van der Waals surface area contributed by atoms with Crippen LogP contribution in [0.25, 0.3) is 0 Å². The second kappa shape index (κ2) is 7.14. The van der Waals surface area contributed by atoms with Gasteiger partial charge in [0.1, 0.15) is 12.3 Å². The fourth-order valence-corrected chi connectivity index (χ4v) is 2.47. The van der Waals surface area contributed by atoms with Crippen molar-refractivity contribution >= 4 is 35.3 Å². The Morgan fingerprint density at radius 1 is 1.29 bits per heavy atom. The van der Waals surface area contributed by atoms with Crippen molar-refractivity contribution in [1.82, 2.24) is 5.43 Å². The Bertz CT molecular complexity index is 807. The van der Waals surface area contributed by atoms with Crippen molar-refractivity contribution in [1.29, 1.82) is 0 Å². The van der Waals surface area contributed by atoms with Gasteiger partial charge in [0.05, 0.1) is 11.9 Å². The lowest BCUT2D eigenvalue weighted by Crippen LogP contribution is -2.44. The monoisotopic (exact) mass is 343 g/mol. The molecule has 0 radical (unpaired) electrons. The number of amides is 2. The summed E-state index contributed by atoms with van der Waals surface area (Å²) in [6, 6.07) is 14.1. The van der Waals surface area contributed by atoms with Gasteiger partial charge in [0.2, 0.25) is 0 Å². The van der Waals surface area contributed by atoms with Crippen LogP contribution in [0.5, 0.6) is 5.75 Å². The molecule has 0 fully saturated rings. The van der Waals surface area contributed by atoms with Crippen molar-refractivity contribution in [3.63, 3.8) is 0 Å². The van der Waals surface area contributed by atoms with Crippen LogP contribution in [-0.4, -0.2) is 31.2 Å². The maximum Gasteiger partial charge on any atom is 0.265 e. The third kappa shape index (κ3) is 3.72. The van der Waals surface area contributed by atoms with Gasteiger partial charge in [0.15, 0.2) is 6.61 Å². The predicted molar refractivity (Wildman–Crippen MR) is 91.5 cm³/mol. The maximum absolute atomic E-state index is 12.0. The summed E-state index contributed by atoms with van der Waals surface area (Å²) in [5, 5.41) is 4.46. The summed E-state index contributed by atoms with van der Waals surface area (Å²) in [6.45, 7) is -0.220. The van der Waals surface area contributed by atoms with E-state index in [1.165, 1.54) is 11.1 Å². The molecule has 3 rings (SSSR count). The Morgan fingerprint density at radius 3 is 2.96 bits per heavy atom. The largest absolute Gasteiger partial charge is 0.482 e. The molecule has 0 aromatic heterocycles. The third-order valence-electron chi connectivity index (χ3n) is 3.36. The van der Waals surface area contributed by atoms with Gasteiger partial charge >= 0.3 is 0 Å². The van der Waals surface area contributed by atoms with E-state index in [1.54, 1.807) is 36.4 Å². The van der Waals surface area contributed by atoms with E-state index >= 15 is 0 Å².